The molecule has 0 saturated heterocycles. The van der Waals surface area contributed by atoms with Crippen molar-refractivity contribution in [2.24, 2.45) is 28.8 Å². The topological polar surface area (TPSA) is 182 Å². The summed E-state index contributed by atoms with van der Waals surface area (Å²) in [5, 5.41) is 1.49. The van der Waals surface area contributed by atoms with Crippen LogP contribution in [-0.4, -0.2) is 134 Å². The van der Waals surface area contributed by atoms with Crippen LogP contribution in [-0.2, 0) is 47.6 Å². The Kier molecular flexibility index (Phi) is 32.0. The summed E-state index contributed by atoms with van der Waals surface area (Å²) in [5.41, 5.74) is 6.59. The van der Waals surface area contributed by atoms with Crippen LogP contribution in [0.15, 0.2) is 11.9 Å². The smallest absolute Gasteiger partial charge is 0.309 e. The summed E-state index contributed by atoms with van der Waals surface area (Å²) in [5.74, 6) is 5.26. The van der Waals surface area contributed by atoms with E-state index < -0.39 is 11.9 Å². The molecule has 0 spiro atoms. The van der Waals surface area contributed by atoms with Crippen LogP contribution < -0.4 is 11.6 Å². The van der Waals surface area contributed by atoms with Gasteiger partial charge < -0.3 is 39.2 Å². The van der Waals surface area contributed by atoms with Crippen LogP contribution in [0.2, 0.25) is 0 Å². The Morgan fingerprint density at radius 1 is 0.741 bits per heavy atom. The highest BCUT2D eigenvalue weighted by Gasteiger charge is 2.34. The Labute approximate surface area is 363 Å². The Hall–Kier alpha value is -1.89. The maximum absolute atomic E-state index is 12.6. The number of hydrogen-bond donors (Lipinski definition) is 2. The largest absolute Gasteiger partial charge is 0.462 e. The van der Waals surface area contributed by atoms with Gasteiger partial charge >= 0.3 is 23.9 Å². The zero-order chi connectivity index (χ0) is 45.0. The second-order valence-corrected chi connectivity index (χ2v) is 20.3. The standard InChI is InChI=1S/C39H74N4O10S3.C2H6/c1-29(27-55-39(9,10)37(4,5)6)35(46)52-23-21-50-33(44)14-17-42(18-15-34(45)51-22-24-53-36(47)30(2)28-56-54-12)25-32(40)26-43(41)19-13-31(3)49-20-16-38(7,8)48-11;1-2/h26,29-31H,13-25,27-28,40-41H2,1-12H3;1-2H3/b32-26-;. The van der Waals surface area contributed by atoms with Crippen LogP contribution in [0.4, 0.5) is 0 Å². The summed E-state index contributed by atoms with van der Waals surface area (Å²) >= 11 is 1.73. The summed E-state index contributed by atoms with van der Waals surface area (Å²) in [4.78, 5) is 51.7. The van der Waals surface area contributed by atoms with Crippen molar-refractivity contribution >= 4 is 57.2 Å². The van der Waals surface area contributed by atoms with Gasteiger partial charge in [-0.05, 0) is 45.3 Å². The van der Waals surface area contributed by atoms with Crippen LogP contribution in [0.5, 0.6) is 0 Å². The summed E-state index contributed by atoms with van der Waals surface area (Å²) < 4.78 is 32.5. The lowest BCUT2D eigenvalue weighted by molar-refractivity contribution is -0.154. The van der Waals surface area contributed by atoms with E-state index in [1.165, 1.54) is 5.01 Å². The van der Waals surface area contributed by atoms with Crippen LogP contribution in [0.1, 0.15) is 109 Å². The summed E-state index contributed by atoms with van der Waals surface area (Å²) in [6, 6.07) is 0. The molecule has 14 nitrogen and oxygen atoms in total. The van der Waals surface area contributed by atoms with Gasteiger partial charge in [0.1, 0.15) is 26.4 Å². The predicted molar refractivity (Wildman–Crippen MR) is 240 cm³/mol. The molecule has 0 aliphatic carbocycles. The fraction of sp³-hybridized carbons (Fsp3) is 0.854. The third kappa shape index (κ3) is 29.4. The molecule has 0 aromatic heterocycles. The van der Waals surface area contributed by atoms with E-state index in [2.05, 4.69) is 34.6 Å². The zero-order valence-electron chi connectivity index (χ0n) is 38.3. The van der Waals surface area contributed by atoms with Crippen molar-refractivity contribution in [1.29, 1.82) is 0 Å². The molecule has 342 valence electrons. The molecule has 0 radical (unpaired) electrons. The highest BCUT2D eigenvalue weighted by Crippen LogP contribution is 2.42. The highest BCUT2D eigenvalue weighted by molar-refractivity contribution is 8.76. The third-order valence-electron chi connectivity index (χ3n) is 9.38. The predicted octanol–water partition coefficient (Wildman–Crippen LogP) is 6.70. The minimum absolute atomic E-state index is 0.00916. The van der Waals surface area contributed by atoms with Gasteiger partial charge in [-0.2, -0.15) is 11.8 Å². The van der Waals surface area contributed by atoms with Crippen LogP contribution >= 0.6 is 33.3 Å². The molecule has 3 atom stereocenters. The van der Waals surface area contributed by atoms with Gasteiger partial charge in [0.25, 0.3) is 0 Å². The number of carbonyl (C=O) groups is 4. The van der Waals surface area contributed by atoms with Crippen LogP contribution in [0.3, 0.4) is 0 Å². The number of hydrazine groups is 1. The molecule has 0 fully saturated rings. The normalized spacial score (nSPS) is 13.8. The Balaban J connectivity index is 0. The number of hydrogen-bond acceptors (Lipinski definition) is 17. The minimum atomic E-state index is -0.484. The van der Waals surface area contributed by atoms with Gasteiger partial charge in [0.2, 0.25) is 0 Å². The molecule has 4 N–H and O–H groups in total. The average molecular weight is 885 g/mol. The number of carbonyl (C=O) groups excluding carboxylic acids is 4. The minimum Gasteiger partial charge on any atom is -0.462 e. The van der Waals surface area contributed by atoms with Crippen LogP contribution in [0.25, 0.3) is 0 Å². The molecule has 0 saturated carbocycles. The summed E-state index contributed by atoms with van der Waals surface area (Å²) in [6.07, 6.45) is 4.98. The SMILES string of the molecule is CC.COC(C)(C)CCOC(C)CCN(N)/C=C(\N)CN(CCC(=O)OCCOC(=O)C(C)CSSC)CCC(=O)OCCOC(=O)C(C)CSC(C)(C)C(C)(C)C. The first-order valence-electron chi connectivity index (χ1n) is 20.3. The van der Waals surface area contributed by atoms with Gasteiger partial charge in [-0.15, -0.1) is 0 Å². The van der Waals surface area contributed by atoms with E-state index in [0.29, 0.717) is 36.8 Å². The molecule has 0 bridgehead atoms. The lowest BCUT2D eigenvalue weighted by Gasteiger charge is -2.38. The van der Waals surface area contributed by atoms with Gasteiger partial charge in [-0.1, -0.05) is 83.9 Å². The van der Waals surface area contributed by atoms with Gasteiger partial charge in [-0.25, -0.2) is 5.84 Å². The van der Waals surface area contributed by atoms with Crippen molar-refractivity contribution < 1.29 is 47.6 Å². The van der Waals surface area contributed by atoms with Crippen molar-refractivity contribution in [1.82, 2.24) is 9.91 Å². The maximum Gasteiger partial charge on any atom is 0.309 e. The Bertz CT molecular complexity index is 1190. The van der Waals surface area contributed by atoms with E-state index in [0.717, 1.165) is 6.42 Å². The molecule has 0 heterocycles. The lowest BCUT2D eigenvalue weighted by atomic mass is 9.83. The third-order valence-corrected chi connectivity index (χ3v) is 13.4. The molecule has 0 aliphatic heterocycles. The van der Waals surface area contributed by atoms with E-state index in [-0.39, 0.29) is 105 Å². The number of rotatable bonds is 31. The summed E-state index contributed by atoms with van der Waals surface area (Å²) in [6.45, 7) is 26.0. The van der Waals surface area contributed by atoms with Gasteiger partial charge in [0, 0.05) is 68.0 Å². The molecule has 3 unspecified atom stereocenters. The van der Waals surface area contributed by atoms with E-state index in [1.807, 2.05) is 52.7 Å². The second-order valence-electron chi connectivity index (χ2n) is 16.0. The first-order valence-corrected chi connectivity index (χ1v) is 24.1. The lowest BCUT2D eigenvalue weighted by Crippen LogP contribution is -2.35. The first-order chi connectivity index (χ1) is 27.0. The molecule has 0 aromatic carbocycles. The number of nitrogens with zero attached hydrogens (tertiary/aromatic N) is 2. The quantitative estimate of drug-likeness (QED) is 0.0187. The van der Waals surface area contributed by atoms with Crippen molar-refractivity contribution in [3.63, 3.8) is 0 Å². The Morgan fingerprint density at radius 3 is 1.69 bits per heavy atom. The monoisotopic (exact) mass is 885 g/mol. The molecule has 0 aromatic rings. The van der Waals surface area contributed by atoms with Gasteiger partial charge in [-0.3, -0.25) is 24.1 Å². The fourth-order valence-electron chi connectivity index (χ4n) is 4.25. The summed E-state index contributed by atoms with van der Waals surface area (Å²) in [7, 11) is 4.83. The fourth-order valence-corrected chi connectivity index (χ4v) is 6.98. The van der Waals surface area contributed by atoms with Crippen LogP contribution in [0, 0.1) is 17.3 Å². The van der Waals surface area contributed by atoms with E-state index >= 15 is 0 Å². The highest BCUT2D eigenvalue weighted by atomic mass is 33.1. The van der Waals surface area contributed by atoms with Crippen molar-refractivity contribution in [2.45, 2.75) is 125 Å². The molecule has 0 rings (SSSR count). The molecule has 0 amide bonds. The molecular weight excluding hydrogens is 805 g/mol. The molecule has 17 heteroatoms. The van der Waals surface area contributed by atoms with Crippen molar-refractivity contribution in [3.05, 3.63) is 11.9 Å². The van der Waals surface area contributed by atoms with E-state index in [4.69, 9.17) is 40.0 Å². The second kappa shape index (κ2) is 31.9. The average Bonchev–Trinajstić information content (AvgIpc) is 3.16. The molecule has 0 aliphatic rings. The number of nitrogens with two attached hydrogens (primary N) is 2. The number of thioether (sulfide) groups is 1. The van der Waals surface area contributed by atoms with E-state index in [1.54, 1.807) is 53.6 Å². The number of esters is 4. The van der Waals surface area contributed by atoms with Gasteiger partial charge in [0.15, 0.2) is 0 Å². The van der Waals surface area contributed by atoms with Gasteiger partial charge in [0.05, 0.1) is 36.4 Å². The first kappa shape index (κ1) is 58.2. The molecule has 58 heavy (non-hydrogen) atoms. The Morgan fingerprint density at radius 2 is 1.22 bits per heavy atom. The molecular formula is C41H80N4O10S3. The van der Waals surface area contributed by atoms with Crippen molar-refractivity contribution in [3.8, 4) is 0 Å². The number of ether oxygens (including phenoxy) is 6. The number of methoxy groups -OCH3 is 1. The maximum atomic E-state index is 12.6. The zero-order valence-corrected chi connectivity index (χ0v) is 40.7. The van der Waals surface area contributed by atoms with E-state index in [9.17, 15) is 19.2 Å². The van der Waals surface area contributed by atoms with Crippen molar-refractivity contribution in [2.75, 3.05) is 84.1 Å².